The van der Waals surface area contributed by atoms with Crippen molar-refractivity contribution in [3.8, 4) is 5.75 Å². The molecule has 104 valence electrons. The number of nitrogen functional groups attached to an aromatic ring is 1. The Kier molecular flexibility index (Phi) is 4.56. The maximum atomic E-state index is 12.2. The van der Waals surface area contributed by atoms with Crippen molar-refractivity contribution >= 4 is 17.3 Å². The van der Waals surface area contributed by atoms with Crippen LogP contribution in [0.4, 0.5) is 20.2 Å². The summed E-state index contributed by atoms with van der Waals surface area (Å²) >= 11 is 0. The van der Waals surface area contributed by atoms with Crippen molar-refractivity contribution in [1.82, 2.24) is 0 Å². The Hall–Kier alpha value is -2.45. The molecule has 0 aliphatic carbocycles. The molecule has 1 aromatic rings. The zero-order valence-corrected chi connectivity index (χ0v) is 9.76. The topological polar surface area (TPSA) is 105 Å². The molecule has 9 heteroatoms. The van der Waals surface area contributed by atoms with Crippen LogP contribution in [0.1, 0.15) is 17.3 Å². The molecule has 0 fully saturated rings. The van der Waals surface area contributed by atoms with Gasteiger partial charge in [-0.25, -0.2) is 4.79 Å². The van der Waals surface area contributed by atoms with Crippen LogP contribution in [-0.4, -0.2) is 24.1 Å². The Labute approximate surface area is 106 Å². The number of carbonyl (C=O) groups excluding carboxylic acids is 1. The molecule has 0 saturated heterocycles. The first kappa shape index (κ1) is 14.6. The number of nitrogens with zero attached hydrogens (tertiary/aromatic N) is 1. The lowest BCUT2D eigenvalue weighted by molar-refractivity contribution is -0.384. The molecule has 0 aromatic heterocycles. The van der Waals surface area contributed by atoms with Crippen LogP contribution in [0.2, 0.25) is 0 Å². The van der Waals surface area contributed by atoms with Gasteiger partial charge in [0.25, 0.3) is 5.69 Å². The SMILES string of the molecule is CCOC(=O)c1cc([N+](=O)[O-])c(N)cc1OC(F)F. The van der Waals surface area contributed by atoms with Gasteiger partial charge in [-0.1, -0.05) is 0 Å². The quantitative estimate of drug-likeness (QED) is 0.381. The first-order chi connectivity index (χ1) is 8.86. The second kappa shape index (κ2) is 5.94. The van der Waals surface area contributed by atoms with Crippen LogP contribution in [0.3, 0.4) is 0 Å². The van der Waals surface area contributed by atoms with E-state index in [1.165, 1.54) is 6.92 Å². The van der Waals surface area contributed by atoms with E-state index in [2.05, 4.69) is 9.47 Å². The van der Waals surface area contributed by atoms with Gasteiger partial charge < -0.3 is 15.2 Å². The van der Waals surface area contributed by atoms with Gasteiger partial charge in [-0.05, 0) is 6.92 Å². The van der Waals surface area contributed by atoms with Crippen molar-refractivity contribution in [2.24, 2.45) is 0 Å². The minimum atomic E-state index is -3.20. The third-order valence-electron chi connectivity index (χ3n) is 2.04. The van der Waals surface area contributed by atoms with E-state index < -0.39 is 40.2 Å². The average molecular weight is 276 g/mol. The lowest BCUT2D eigenvalue weighted by Gasteiger charge is -2.10. The van der Waals surface area contributed by atoms with Crippen LogP contribution < -0.4 is 10.5 Å². The van der Waals surface area contributed by atoms with Gasteiger partial charge in [0.1, 0.15) is 17.0 Å². The summed E-state index contributed by atoms with van der Waals surface area (Å²) < 4.78 is 33.1. The van der Waals surface area contributed by atoms with Crippen LogP contribution in [-0.2, 0) is 4.74 Å². The van der Waals surface area contributed by atoms with Crippen molar-refractivity contribution in [3.63, 3.8) is 0 Å². The van der Waals surface area contributed by atoms with Crippen LogP contribution in [0, 0.1) is 10.1 Å². The number of nitrogens with two attached hydrogens (primary N) is 1. The number of nitro groups is 1. The monoisotopic (exact) mass is 276 g/mol. The maximum absolute atomic E-state index is 12.2. The highest BCUT2D eigenvalue weighted by Crippen LogP contribution is 2.32. The molecule has 0 unspecified atom stereocenters. The predicted octanol–water partition coefficient (Wildman–Crippen LogP) is 1.96. The highest BCUT2D eigenvalue weighted by Gasteiger charge is 2.24. The van der Waals surface area contributed by atoms with E-state index in [-0.39, 0.29) is 6.61 Å². The molecule has 0 saturated carbocycles. The van der Waals surface area contributed by atoms with Gasteiger partial charge in [-0.15, -0.1) is 0 Å². The fourth-order valence-electron chi connectivity index (χ4n) is 1.30. The average Bonchev–Trinajstić information content (AvgIpc) is 2.27. The van der Waals surface area contributed by atoms with E-state index >= 15 is 0 Å². The third-order valence-corrected chi connectivity index (χ3v) is 2.04. The largest absolute Gasteiger partial charge is 0.462 e. The van der Waals surface area contributed by atoms with Crippen molar-refractivity contribution in [2.75, 3.05) is 12.3 Å². The van der Waals surface area contributed by atoms with Gasteiger partial charge in [0, 0.05) is 12.1 Å². The summed E-state index contributed by atoms with van der Waals surface area (Å²) in [5.74, 6) is -1.59. The van der Waals surface area contributed by atoms with Gasteiger partial charge >= 0.3 is 12.6 Å². The van der Waals surface area contributed by atoms with Crippen LogP contribution >= 0.6 is 0 Å². The van der Waals surface area contributed by atoms with Crippen molar-refractivity contribution in [3.05, 3.63) is 27.8 Å². The Bertz CT molecular complexity index is 507. The van der Waals surface area contributed by atoms with Crippen LogP contribution in [0.5, 0.6) is 5.75 Å². The van der Waals surface area contributed by atoms with Gasteiger partial charge in [0.05, 0.1) is 11.5 Å². The van der Waals surface area contributed by atoms with Gasteiger partial charge in [-0.2, -0.15) is 8.78 Å². The number of ether oxygens (including phenoxy) is 2. The smallest absolute Gasteiger partial charge is 0.387 e. The van der Waals surface area contributed by atoms with Crippen molar-refractivity contribution < 1.29 is 28.0 Å². The van der Waals surface area contributed by atoms with Gasteiger partial charge in [0.2, 0.25) is 0 Å². The molecule has 0 aliphatic heterocycles. The molecule has 2 N–H and O–H groups in total. The number of carbonyl (C=O) groups is 1. The fraction of sp³-hybridized carbons (Fsp3) is 0.300. The van der Waals surface area contributed by atoms with Crippen LogP contribution in [0.15, 0.2) is 12.1 Å². The number of nitro benzene ring substituents is 1. The number of alkyl halides is 2. The summed E-state index contributed by atoms with van der Waals surface area (Å²) in [5.41, 5.74) is 3.85. The Morgan fingerprint density at radius 1 is 1.53 bits per heavy atom. The third kappa shape index (κ3) is 3.50. The summed E-state index contributed by atoms with van der Waals surface area (Å²) in [7, 11) is 0. The summed E-state index contributed by atoms with van der Waals surface area (Å²) in [6, 6.07) is 1.53. The number of esters is 1. The van der Waals surface area contributed by atoms with Gasteiger partial charge in [0.15, 0.2) is 0 Å². The van der Waals surface area contributed by atoms with Gasteiger partial charge in [-0.3, -0.25) is 10.1 Å². The molecule has 1 aromatic carbocycles. The number of hydrogen-bond donors (Lipinski definition) is 1. The zero-order valence-electron chi connectivity index (χ0n) is 9.76. The Morgan fingerprint density at radius 3 is 2.63 bits per heavy atom. The molecule has 0 spiro atoms. The maximum Gasteiger partial charge on any atom is 0.387 e. The summed E-state index contributed by atoms with van der Waals surface area (Å²) in [4.78, 5) is 21.4. The second-order valence-electron chi connectivity index (χ2n) is 3.26. The molecular weight excluding hydrogens is 266 g/mol. The zero-order chi connectivity index (χ0) is 14.6. The Balaban J connectivity index is 3.32. The van der Waals surface area contributed by atoms with Crippen molar-refractivity contribution in [2.45, 2.75) is 13.5 Å². The fourth-order valence-corrected chi connectivity index (χ4v) is 1.30. The van der Waals surface area contributed by atoms with Crippen LogP contribution in [0.25, 0.3) is 0 Å². The first-order valence-corrected chi connectivity index (χ1v) is 5.06. The molecule has 0 amide bonds. The Morgan fingerprint density at radius 2 is 2.16 bits per heavy atom. The molecule has 0 bridgehead atoms. The minimum absolute atomic E-state index is 0.0227. The number of rotatable bonds is 5. The minimum Gasteiger partial charge on any atom is -0.462 e. The van der Waals surface area contributed by atoms with E-state index in [1.54, 1.807) is 0 Å². The number of halogens is 2. The molecule has 0 heterocycles. The second-order valence-corrected chi connectivity index (χ2v) is 3.26. The predicted molar refractivity (Wildman–Crippen MR) is 60.1 cm³/mol. The van der Waals surface area contributed by atoms with E-state index in [0.717, 1.165) is 12.1 Å². The highest BCUT2D eigenvalue weighted by molar-refractivity contribution is 5.94. The van der Waals surface area contributed by atoms with E-state index in [4.69, 9.17) is 5.73 Å². The molecule has 7 nitrogen and oxygen atoms in total. The summed E-state index contributed by atoms with van der Waals surface area (Å²) in [6.45, 7) is -1.73. The lowest BCUT2D eigenvalue weighted by Crippen LogP contribution is -2.12. The number of hydrogen-bond acceptors (Lipinski definition) is 6. The number of anilines is 1. The number of benzene rings is 1. The van der Waals surface area contributed by atoms with E-state index in [0.29, 0.717) is 0 Å². The highest BCUT2D eigenvalue weighted by atomic mass is 19.3. The van der Waals surface area contributed by atoms with Crippen molar-refractivity contribution in [1.29, 1.82) is 0 Å². The first-order valence-electron chi connectivity index (χ1n) is 5.06. The molecule has 1 rings (SSSR count). The molecular formula is C10H10F2N2O5. The standard InChI is InChI=1S/C10H10F2N2O5/c1-2-18-9(15)5-3-7(14(16)17)6(13)4-8(5)19-10(11)12/h3-4,10H,2,13H2,1H3. The van der Waals surface area contributed by atoms with E-state index in [9.17, 15) is 23.7 Å². The molecule has 19 heavy (non-hydrogen) atoms. The summed E-state index contributed by atoms with van der Waals surface area (Å²) in [5, 5.41) is 10.7. The molecule has 0 radical (unpaired) electrons. The van der Waals surface area contributed by atoms with E-state index in [1.807, 2.05) is 0 Å². The summed E-state index contributed by atoms with van der Waals surface area (Å²) in [6.07, 6.45) is 0. The normalized spacial score (nSPS) is 10.3. The molecule has 0 atom stereocenters. The molecule has 0 aliphatic rings. The lowest BCUT2D eigenvalue weighted by atomic mass is 10.1.